The van der Waals surface area contributed by atoms with E-state index in [1.165, 1.54) is 0 Å². The maximum absolute atomic E-state index is 9.69. The van der Waals surface area contributed by atoms with Crippen LogP contribution in [-0.4, -0.2) is 11.3 Å². The van der Waals surface area contributed by atoms with Crippen molar-refractivity contribution in [2.24, 2.45) is 4.99 Å². The molecule has 2 nitrogen and oxygen atoms in total. The Morgan fingerprint density at radius 3 is 2.78 bits per heavy atom. The van der Waals surface area contributed by atoms with Crippen LogP contribution < -0.4 is 0 Å². The first-order chi connectivity index (χ1) is 8.56. The molecular weight excluding hydrogens is 314 g/mol. The van der Waals surface area contributed by atoms with Crippen molar-refractivity contribution in [1.82, 2.24) is 0 Å². The Morgan fingerprint density at radius 2 is 2.00 bits per heavy atom. The van der Waals surface area contributed by atoms with E-state index in [2.05, 4.69) is 20.9 Å². The highest BCUT2D eigenvalue weighted by Gasteiger charge is 2.01. The maximum Gasteiger partial charge on any atom is 0.124 e. The lowest BCUT2D eigenvalue weighted by atomic mass is 10.2. The van der Waals surface area contributed by atoms with E-state index < -0.39 is 0 Å². The molecule has 0 aliphatic heterocycles. The second kappa shape index (κ2) is 5.55. The summed E-state index contributed by atoms with van der Waals surface area (Å²) in [6, 6.07) is 10.8. The molecule has 0 unspecified atom stereocenters. The molecular formula is C14H11BrClNO. The van der Waals surface area contributed by atoms with Crippen LogP contribution in [0.3, 0.4) is 0 Å². The van der Waals surface area contributed by atoms with Crippen molar-refractivity contribution in [2.45, 2.75) is 6.92 Å². The first kappa shape index (κ1) is 13.1. The summed E-state index contributed by atoms with van der Waals surface area (Å²) >= 11 is 9.40. The van der Waals surface area contributed by atoms with Gasteiger partial charge in [0.15, 0.2) is 0 Å². The monoisotopic (exact) mass is 323 g/mol. The van der Waals surface area contributed by atoms with E-state index >= 15 is 0 Å². The standard InChI is InChI=1S/C14H11BrClNO/c1-9-2-4-12(16)13(6-9)17-8-10-7-11(15)3-5-14(10)18/h2-8,18H,1H3/b17-8+. The molecule has 0 heterocycles. The first-order valence-corrected chi connectivity index (χ1v) is 6.52. The van der Waals surface area contributed by atoms with Crippen LogP contribution in [0.15, 0.2) is 45.9 Å². The Hall–Kier alpha value is -1.32. The average Bonchev–Trinajstić information content (AvgIpc) is 2.34. The van der Waals surface area contributed by atoms with E-state index in [9.17, 15) is 5.11 Å². The van der Waals surface area contributed by atoms with Crippen molar-refractivity contribution in [2.75, 3.05) is 0 Å². The SMILES string of the molecule is Cc1ccc(Cl)c(/N=C/c2cc(Br)ccc2O)c1. The van der Waals surface area contributed by atoms with Crippen molar-refractivity contribution < 1.29 is 5.11 Å². The summed E-state index contributed by atoms with van der Waals surface area (Å²) in [6.07, 6.45) is 1.60. The lowest BCUT2D eigenvalue weighted by molar-refractivity contribution is 0.474. The number of halogens is 2. The van der Waals surface area contributed by atoms with Crippen LogP contribution in [0.4, 0.5) is 5.69 Å². The number of hydrogen-bond acceptors (Lipinski definition) is 2. The van der Waals surface area contributed by atoms with Crippen molar-refractivity contribution >= 4 is 39.4 Å². The normalized spacial score (nSPS) is 11.1. The van der Waals surface area contributed by atoms with Crippen LogP contribution in [0, 0.1) is 6.92 Å². The molecule has 2 aromatic carbocycles. The molecule has 0 fully saturated rings. The quantitative estimate of drug-likeness (QED) is 0.786. The molecule has 4 heteroatoms. The molecule has 0 aromatic heterocycles. The Kier molecular flexibility index (Phi) is 4.04. The first-order valence-electron chi connectivity index (χ1n) is 5.35. The van der Waals surface area contributed by atoms with E-state index in [0.717, 1.165) is 10.0 Å². The van der Waals surface area contributed by atoms with Crippen molar-refractivity contribution in [1.29, 1.82) is 0 Å². The molecule has 2 aromatic rings. The highest BCUT2D eigenvalue weighted by Crippen LogP contribution is 2.26. The smallest absolute Gasteiger partial charge is 0.124 e. The Labute approximate surface area is 119 Å². The molecule has 92 valence electrons. The minimum Gasteiger partial charge on any atom is -0.507 e. The van der Waals surface area contributed by atoms with Gasteiger partial charge in [-0.3, -0.25) is 4.99 Å². The van der Waals surface area contributed by atoms with Gasteiger partial charge >= 0.3 is 0 Å². The molecule has 0 atom stereocenters. The highest BCUT2D eigenvalue weighted by atomic mass is 79.9. The maximum atomic E-state index is 9.69. The van der Waals surface area contributed by atoms with Crippen LogP contribution >= 0.6 is 27.5 Å². The zero-order valence-electron chi connectivity index (χ0n) is 9.69. The van der Waals surface area contributed by atoms with E-state index in [1.807, 2.05) is 25.1 Å². The predicted octanol–water partition coefficient (Wildman–Crippen LogP) is 4.87. The summed E-state index contributed by atoms with van der Waals surface area (Å²) in [6.45, 7) is 1.98. The molecule has 0 radical (unpaired) electrons. The molecule has 0 aliphatic carbocycles. The van der Waals surface area contributed by atoms with Gasteiger partial charge in [0.25, 0.3) is 0 Å². The zero-order chi connectivity index (χ0) is 13.1. The average molecular weight is 325 g/mol. The number of hydrogen-bond donors (Lipinski definition) is 1. The molecule has 0 spiro atoms. The van der Waals surface area contributed by atoms with E-state index in [0.29, 0.717) is 16.3 Å². The fourth-order valence-electron chi connectivity index (χ4n) is 1.49. The number of rotatable bonds is 2. The fraction of sp³-hybridized carbons (Fsp3) is 0.0714. The number of aromatic hydroxyl groups is 1. The van der Waals surface area contributed by atoms with Crippen molar-refractivity contribution in [3.8, 4) is 5.75 Å². The predicted molar refractivity (Wildman–Crippen MR) is 79.2 cm³/mol. The Bertz CT molecular complexity index is 557. The number of aliphatic imine (C=N–C) groups is 1. The van der Waals surface area contributed by atoms with Gasteiger partial charge in [0.05, 0.1) is 10.7 Å². The second-order valence-corrected chi connectivity index (χ2v) is 5.24. The van der Waals surface area contributed by atoms with Crippen molar-refractivity contribution in [3.63, 3.8) is 0 Å². The fourth-order valence-corrected chi connectivity index (χ4v) is 2.03. The number of benzene rings is 2. The molecule has 0 saturated heterocycles. The summed E-state index contributed by atoms with van der Waals surface area (Å²) in [4.78, 5) is 4.30. The van der Waals surface area contributed by atoms with Gasteiger partial charge in [-0.15, -0.1) is 0 Å². The van der Waals surface area contributed by atoms with Gasteiger partial charge in [-0.2, -0.15) is 0 Å². The lowest BCUT2D eigenvalue weighted by Gasteiger charge is -2.01. The van der Waals surface area contributed by atoms with E-state index in [1.54, 1.807) is 24.4 Å². The molecule has 0 aliphatic rings. The molecule has 0 saturated carbocycles. The van der Waals surface area contributed by atoms with Crippen molar-refractivity contribution in [3.05, 3.63) is 57.0 Å². The minimum atomic E-state index is 0.186. The zero-order valence-corrected chi connectivity index (χ0v) is 12.0. The largest absolute Gasteiger partial charge is 0.507 e. The summed E-state index contributed by atoms with van der Waals surface area (Å²) < 4.78 is 0.886. The van der Waals surface area contributed by atoms with Gasteiger partial charge in [0, 0.05) is 16.3 Å². The third-order valence-corrected chi connectivity index (χ3v) is 3.25. The Morgan fingerprint density at radius 1 is 1.22 bits per heavy atom. The van der Waals surface area contributed by atoms with Gasteiger partial charge in [0.1, 0.15) is 5.75 Å². The number of phenolic OH excluding ortho intramolecular Hbond substituents is 1. The summed E-state index contributed by atoms with van der Waals surface area (Å²) in [5.74, 6) is 0.186. The molecule has 1 N–H and O–H groups in total. The minimum absolute atomic E-state index is 0.186. The highest BCUT2D eigenvalue weighted by molar-refractivity contribution is 9.10. The van der Waals surface area contributed by atoms with Crippen LogP contribution in [0.25, 0.3) is 0 Å². The topological polar surface area (TPSA) is 32.6 Å². The number of aryl methyl sites for hydroxylation is 1. The summed E-state index contributed by atoms with van der Waals surface area (Å²) in [5.41, 5.74) is 2.42. The molecule has 0 bridgehead atoms. The van der Waals surface area contributed by atoms with Gasteiger partial charge in [-0.05, 0) is 42.8 Å². The van der Waals surface area contributed by atoms with E-state index in [-0.39, 0.29) is 5.75 Å². The third-order valence-electron chi connectivity index (χ3n) is 2.43. The van der Waals surface area contributed by atoms with Gasteiger partial charge in [-0.1, -0.05) is 33.6 Å². The molecule has 2 rings (SSSR count). The van der Waals surface area contributed by atoms with Gasteiger partial charge < -0.3 is 5.11 Å². The van der Waals surface area contributed by atoms with Crippen LogP contribution in [-0.2, 0) is 0 Å². The number of phenols is 1. The lowest BCUT2D eigenvalue weighted by Crippen LogP contribution is -1.83. The summed E-state index contributed by atoms with van der Waals surface area (Å²) in [5, 5.41) is 10.3. The molecule has 18 heavy (non-hydrogen) atoms. The molecule has 0 amide bonds. The van der Waals surface area contributed by atoms with Gasteiger partial charge in [-0.25, -0.2) is 0 Å². The van der Waals surface area contributed by atoms with Crippen LogP contribution in [0.1, 0.15) is 11.1 Å². The van der Waals surface area contributed by atoms with Gasteiger partial charge in [0.2, 0.25) is 0 Å². The Balaban J connectivity index is 2.35. The third kappa shape index (κ3) is 3.12. The number of nitrogens with zero attached hydrogens (tertiary/aromatic N) is 1. The van der Waals surface area contributed by atoms with E-state index in [4.69, 9.17) is 11.6 Å². The second-order valence-electron chi connectivity index (χ2n) is 3.92. The summed E-state index contributed by atoms with van der Waals surface area (Å²) in [7, 11) is 0. The van der Waals surface area contributed by atoms with Crippen LogP contribution in [0.5, 0.6) is 5.75 Å². The van der Waals surface area contributed by atoms with Crippen LogP contribution in [0.2, 0.25) is 5.02 Å².